The van der Waals surface area contributed by atoms with Crippen LogP contribution >= 0.6 is 0 Å². The third-order valence-corrected chi connectivity index (χ3v) is 2.93. The molecule has 0 aliphatic carbocycles. The van der Waals surface area contributed by atoms with E-state index in [1.54, 1.807) is 36.7 Å². The molecule has 6 heteroatoms. The summed E-state index contributed by atoms with van der Waals surface area (Å²) in [5, 5.41) is 2.55. The zero-order valence-electron chi connectivity index (χ0n) is 12.0. The molecule has 0 unspecified atom stereocenters. The molecule has 4 N–H and O–H groups in total. The van der Waals surface area contributed by atoms with E-state index in [2.05, 4.69) is 10.3 Å². The zero-order valence-corrected chi connectivity index (χ0v) is 12.0. The summed E-state index contributed by atoms with van der Waals surface area (Å²) < 4.78 is 0. The van der Waals surface area contributed by atoms with Gasteiger partial charge in [-0.25, -0.2) is 5.84 Å². The average Bonchev–Trinajstić information content (AvgIpc) is 2.55. The quantitative estimate of drug-likeness (QED) is 0.341. The Balaban J connectivity index is 2.24. The predicted octanol–water partition coefficient (Wildman–Crippen LogP) is 1.15. The molecule has 0 saturated carbocycles. The number of aromatic nitrogens is 1. The molecule has 0 radical (unpaired) electrons. The van der Waals surface area contributed by atoms with Crippen molar-refractivity contribution in [2.24, 2.45) is 5.84 Å². The smallest absolute Gasteiger partial charge is 0.281 e. The van der Waals surface area contributed by atoms with E-state index < -0.39 is 11.8 Å². The third kappa shape index (κ3) is 4.00. The van der Waals surface area contributed by atoms with E-state index >= 15 is 0 Å². The molecule has 1 aromatic carbocycles. The van der Waals surface area contributed by atoms with Crippen LogP contribution in [0.2, 0.25) is 0 Å². The minimum absolute atomic E-state index is 0.0427. The number of rotatable bonds is 4. The lowest BCUT2D eigenvalue weighted by Crippen LogP contribution is -2.38. The number of pyridine rings is 1. The van der Waals surface area contributed by atoms with E-state index in [0.29, 0.717) is 11.1 Å². The highest BCUT2D eigenvalue weighted by atomic mass is 16.2. The fraction of sp³-hybridized carbons (Fsp3) is 0.0625. The number of carbonyl (C=O) groups excluding carboxylic acids is 2. The van der Waals surface area contributed by atoms with Crippen LogP contribution in [-0.4, -0.2) is 16.8 Å². The Hall–Kier alpha value is -2.99. The van der Waals surface area contributed by atoms with Gasteiger partial charge in [0.2, 0.25) is 0 Å². The monoisotopic (exact) mass is 296 g/mol. The molecule has 0 saturated heterocycles. The SMILES string of the molecule is Cc1ccc(C(=O)N/C(=C/c2cccnc2)C(=O)NN)cc1. The molecular formula is C16H16N4O2. The molecule has 0 bridgehead atoms. The standard InChI is InChI=1S/C16H16N4O2/c1-11-4-6-13(7-5-11)15(21)19-14(16(22)20-17)9-12-3-2-8-18-10-12/h2-10H,17H2,1H3,(H,19,21)(H,20,22)/b14-9+. The van der Waals surface area contributed by atoms with Crippen LogP contribution in [0.4, 0.5) is 0 Å². The van der Waals surface area contributed by atoms with Gasteiger partial charge in [0, 0.05) is 18.0 Å². The Morgan fingerprint density at radius 1 is 1.18 bits per heavy atom. The summed E-state index contributed by atoms with van der Waals surface area (Å²) in [7, 11) is 0. The minimum atomic E-state index is -0.593. The van der Waals surface area contributed by atoms with Gasteiger partial charge in [0.25, 0.3) is 11.8 Å². The van der Waals surface area contributed by atoms with Gasteiger partial charge in [-0.15, -0.1) is 0 Å². The fourth-order valence-corrected chi connectivity index (χ4v) is 1.76. The van der Waals surface area contributed by atoms with Crippen LogP contribution in [0.1, 0.15) is 21.5 Å². The highest BCUT2D eigenvalue weighted by molar-refractivity contribution is 6.05. The Labute approximate surface area is 128 Å². The molecule has 1 heterocycles. The van der Waals surface area contributed by atoms with Gasteiger partial charge in [-0.2, -0.15) is 0 Å². The van der Waals surface area contributed by atoms with Gasteiger partial charge in [0.15, 0.2) is 0 Å². The van der Waals surface area contributed by atoms with Crippen molar-refractivity contribution in [1.82, 2.24) is 15.7 Å². The molecule has 112 valence electrons. The van der Waals surface area contributed by atoms with Crippen molar-refractivity contribution in [3.8, 4) is 0 Å². The molecule has 2 aromatic rings. The highest BCUT2D eigenvalue weighted by Crippen LogP contribution is 2.07. The van der Waals surface area contributed by atoms with E-state index in [0.717, 1.165) is 5.56 Å². The van der Waals surface area contributed by atoms with Gasteiger partial charge in [-0.3, -0.25) is 20.0 Å². The maximum atomic E-state index is 12.2. The number of hydrazine groups is 1. The van der Waals surface area contributed by atoms with Gasteiger partial charge < -0.3 is 5.32 Å². The van der Waals surface area contributed by atoms with Gasteiger partial charge in [-0.1, -0.05) is 23.8 Å². The summed E-state index contributed by atoms with van der Waals surface area (Å²) in [5.41, 5.74) is 4.22. The number of amides is 2. The van der Waals surface area contributed by atoms with E-state index in [-0.39, 0.29) is 5.70 Å². The lowest BCUT2D eigenvalue weighted by Gasteiger charge is -2.09. The normalized spacial score (nSPS) is 10.9. The molecule has 0 atom stereocenters. The van der Waals surface area contributed by atoms with Crippen molar-refractivity contribution < 1.29 is 9.59 Å². The summed E-state index contributed by atoms with van der Waals surface area (Å²) in [4.78, 5) is 27.9. The number of benzene rings is 1. The number of aryl methyl sites for hydroxylation is 1. The average molecular weight is 296 g/mol. The van der Waals surface area contributed by atoms with E-state index in [4.69, 9.17) is 5.84 Å². The topological polar surface area (TPSA) is 97.1 Å². The summed E-state index contributed by atoms with van der Waals surface area (Å²) in [6.45, 7) is 1.93. The van der Waals surface area contributed by atoms with E-state index in [1.807, 2.05) is 24.5 Å². The van der Waals surface area contributed by atoms with Crippen molar-refractivity contribution in [1.29, 1.82) is 0 Å². The van der Waals surface area contributed by atoms with Crippen LogP contribution in [0.3, 0.4) is 0 Å². The zero-order chi connectivity index (χ0) is 15.9. The molecule has 1 aromatic heterocycles. The molecular weight excluding hydrogens is 280 g/mol. The molecule has 2 rings (SSSR count). The van der Waals surface area contributed by atoms with Crippen LogP contribution in [0.5, 0.6) is 0 Å². The second-order valence-electron chi connectivity index (χ2n) is 4.64. The van der Waals surface area contributed by atoms with Crippen molar-refractivity contribution in [3.63, 3.8) is 0 Å². The second-order valence-corrected chi connectivity index (χ2v) is 4.64. The summed E-state index contributed by atoms with van der Waals surface area (Å²) in [6.07, 6.45) is 4.69. The first kappa shape index (κ1) is 15.4. The number of hydrogen-bond acceptors (Lipinski definition) is 4. The van der Waals surface area contributed by atoms with Crippen LogP contribution < -0.4 is 16.6 Å². The number of nitrogens with zero attached hydrogens (tertiary/aromatic N) is 1. The van der Waals surface area contributed by atoms with E-state index in [1.165, 1.54) is 6.08 Å². The Kier molecular flexibility index (Phi) is 5.00. The van der Waals surface area contributed by atoms with Crippen molar-refractivity contribution in [3.05, 3.63) is 71.2 Å². The third-order valence-electron chi connectivity index (χ3n) is 2.93. The largest absolute Gasteiger partial charge is 0.317 e. The molecule has 22 heavy (non-hydrogen) atoms. The van der Waals surface area contributed by atoms with Crippen molar-refractivity contribution in [2.75, 3.05) is 0 Å². The summed E-state index contributed by atoms with van der Waals surface area (Å²) in [6, 6.07) is 10.5. The lowest BCUT2D eigenvalue weighted by molar-refractivity contribution is -0.117. The number of hydrogen-bond donors (Lipinski definition) is 3. The van der Waals surface area contributed by atoms with Crippen LogP contribution in [-0.2, 0) is 4.79 Å². The van der Waals surface area contributed by atoms with Gasteiger partial charge in [0.1, 0.15) is 5.70 Å². The van der Waals surface area contributed by atoms with Crippen molar-refractivity contribution >= 4 is 17.9 Å². The molecule has 6 nitrogen and oxygen atoms in total. The molecule has 2 amide bonds. The molecule has 0 spiro atoms. The van der Waals surface area contributed by atoms with Gasteiger partial charge in [0.05, 0.1) is 0 Å². The predicted molar refractivity (Wildman–Crippen MR) is 83.2 cm³/mol. The molecule has 0 fully saturated rings. The van der Waals surface area contributed by atoms with Crippen LogP contribution in [0.25, 0.3) is 6.08 Å². The lowest BCUT2D eigenvalue weighted by atomic mass is 10.1. The number of nitrogens with one attached hydrogen (secondary N) is 2. The molecule has 0 aliphatic rings. The first-order valence-electron chi connectivity index (χ1n) is 6.61. The maximum absolute atomic E-state index is 12.2. The molecule has 0 aliphatic heterocycles. The first-order chi connectivity index (χ1) is 10.6. The van der Waals surface area contributed by atoms with E-state index in [9.17, 15) is 9.59 Å². The van der Waals surface area contributed by atoms with Gasteiger partial charge >= 0.3 is 0 Å². The van der Waals surface area contributed by atoms with Crippen LogP contribution in [0, 0.1) is 6.92 Å². The second kappa shape index (κ2) is 7.14. The number of nitrogens with two attached hydrogens (primary N) is 1. The van der Waals surface area contributed by atoms with Gasteiger partial charge in [-0.05, 0) is 36.8 Å². The first-order valence-corrected chi connectivity index (χ1v) is 6.61. The fourth-order valence-electron chi connectivity index (χ4n) is 1.76. The Morgan fingerprint density at radius 3 is 2.50 bits per heavy atom. The highest BCUT2D eigenvalue weighted by Gasteiger charge is 2.13. The minimum Gasteiger partial charge on any atom is -0.317 e. The van der Waals surface area contributed by atoms with Crippen molar-refractivity contribution in [2.45, 2.75) is 6.92 Å². The Bertz CT molecular complexity index is 694. The number of carbonyl (C=O) groups is 2. The maximum Gasteiger partial charge on any atom is 0.281 e. The summed E-state index contributed by atoms with van der Waals surface area (Å²) >= 11 is 0. The summed E-state index contributed by atoms with van der Waals surface area (Å²) in [5.74, 6) is 4.17. The van der Waals surface area contributed by atoms with Crippen LogP contribution in [0.15, 0.2) is 54.5 Å². The Morgan fingerprint density at radius 2 is 1.91 bits per heavy atom.